The summed E-state index contributed by atoms with van der Waals surface area (Å²) in [7, 11) is 1.44. The van der Waals surface area contributed by atoms with E-state index >= 15 is 0 Å². The molecule has 0 aliphatic carbocycles. The van der Waals surface area contributed by atoms with E-state index in [0.29, 0.717) is 22.8 Å². The molecule has 0 spiro atoms. The van der Waals surface area contributed by atoms with Gasteiger partial charge in [-0.05, 0) is 42.0 Å². The molecule has 0 radical (unpaired) electrons. The minimum atomic E-state index is -1.17. The number of ether oxygens (including phenoxy) is 3. The lowest BCUT2D eigenvalue weighted by atomic mass is 10.2. The van der Waals surface area contributed by atoms with Crippen molar-refractivity contribution in [3.63, 3.8) is 0 Å². The van der Waals surface area contributed by atoms with Gasteiger partial charge >= 0.3 is 11.7 Å². The van der Waals surface area contributed by atoms with Crippen LogP contribution in [0, 0.1) is 10.1 Å². The zero-order valence-corrected chi connectivity index (χ0v) is 17.8. The lowest BCUT2D eigenvalue weighted by Gasteiger charge is -2.10. The number of nitrogens with one attached hydrogen (secondary N) is 1. The lowest BCUT2D eigenvalue weighted by Crippen LogP contribution is -2.24. The maximum Gasteiger partial charge on any atom is 0.371 e. The molecular formula is C22H19N3O9. The van der Waals surface area contributed by atoms with Crippen LogP contribution in [0.4, 0.5) is 5.69 Å². The van der Waals surface area contributed by atoms with Crippen molar-refractivity contribution >= 4 is 23.8 Å². The number of carbonyl (C=O) groups excluding carboxylic acids is 1. The van der Waals surface area contributed by atoms with E-state index in [4.69, 9.17) is 23.7 Å². The molecule has 34 heavy (non-hydrogen) atoms. The third-order valence-electron chi connectivity index (χ3n) is 4.25. The van der Waals surface area contributed by atoms with Gasteiger partial charge in [-0.2, -0.15) is 5.10 Å². The Morgan fingerprint density at radius 3 is 2.62 bits per heavy atom. The van der Waals surface area contributed by atoms with Gasteiger partial charge in [0, 0.05) is 6.07 Å². The highest BCUT2D eigenvalue weighted by molar-refractivity contribution is 5.84. The molecule has 0 bridgehead atoms. The van der Waals surface area contributed by atoms with Crippen LogP contribution in [-0.4, -0.2) is 41.8 Å². The molecule has 0 aliphatic heterocycles. The van der Waals surface area contributed by atoms with Gasteiger partial charge in [0.05, 0.1) is 18.2 Å². The van der Waals surface area contributed by atoms with E-state index in [9.17, 15) is 19.7 Å². The Morgan fingerprint density at radius 1 is 1.12 bits per heavy atom. The number of hydrazone groups is 1. The Balaban J connectivity index is 1.53. The molecule has 176 valence electrons. The SMILES string of the molecule is COc1cc(C=NNC(=O)COc2ccccc2[N+](=O)[O-])ccc1OCc1ccc(C(=O)O)o1. The highest BCUT2D eigenvalue weighted by atomic mass is 16.6. The van der Waals surface area contributed by atoms with Crippen LogP contribution in [0.5, 0.6) is 17.2 Å². The van der Waals surface area contributed by atoms with Crippen LogP contribution in [-0.2, 0) is 11.4 Å². The highest BCUT2D eigenvalue weighted by Crippen LogP contribution is 2.29. The summed E-state index contributed by atoms with van der Waals surface area (Å²) in [5.41, 5.74) is 2.59. The number of rotatable bonds is 11. The molecule has 0 fully saturated rings. The number of carbonyl (C=O) groups is 2. The van der Waals surface area contributed by atoms with Gasteiger partial charge in [0.25, 0.3) is 5.91 Å². The maximum absolute atomic E-state index is 11.9. The number of nitrogens with zero attached hydrogens (tertiary/aromatic N) is 2. The fourth-order valence-corrected chi connectivity index (χ4v) is 2.69. The molecule has 0 saturated carbocycles. The normalized spacial score (nSPS) is 10.6. The van der Waals surface area contributed by atoms with Gasteiger partial charge in [-0.25, -0.2) is 10.2 Å². The quantitative estimate of drug-likeness (QED) is 0.244. The smallest absolute Gasteiger partial charge is 0.371 e. The zero-order valence-electron chi connectivity index (χ0n) is 17.8. The van der Waals surface area contributed by atoms with Gasteiger partial charge in [-0.3, -0.25) is 14.9 Å². The minimum Gasteiger partial charge on any atom is -0.493 e. The molecule has 12 nitrogen and oxygen atoms in total. The van der Waals surface area contributed by atoms with E-state index in [0.717, 1.165) is 0 Å². The molecule has 1 heterocycles. The van der Waals surface area contributed by atoms with Crippen molar-refractivity contribution in [2.45, 2.75) is 6.61 Å². The van der Waals surface area contributed by atoms with Crippen LogP contribution < -0.4 is 19.6 Å². The maximum atomic E-state index is 11.9. The number of nitro benzene ring substituents is 1. The van der Waals surface area contributed by atoms with E-state index in [2.05, 4.69) is 10.5 Å². The van der Waals surface area contributed by atoms with Crippen LogP contribution in [0.2, 0.25) is 0 Å². The summed E-state index contributed by atoms with van der Waals surface area (Å²) >= 11 is 0. The molecule has 1 aromatic heterocycles. The number of hydrogen-bond acceptors (Lipinski definition) is 9. The average molecular weight is 469 g/mol. The third-order valence-corrected chi connectivity index (χ3v) is 4.25. The second-order valence-electron chi connectivity index (χ2n) is 6.58. The number of benzene rings is 2. The summed E-state index contributed by atoms with van der Waals surface area (Å²) in [4.78, 5) is 33.2. The predicted octanol–water partition coefficient (Wildman–Crippen LogP) is 3.00. The Hall–Kier alpha value is -4.87. The Morgan fingerprint density at radius 2 is 1.91 bits per heavy atom. The van der Waals surface area contributed by atoms with Gasteiger partial charge < -0.3 is 23.7 Å². The molecule has 3 rings (SSSR count). The molecule has 0 unspecified atom stereocenters. The van der Waals surface area contributed by atoms with Crippen LogP contribution in [0.25, 0.3) is 0 Å². The van der Waals surface area contributed by atoms with E-state index in [1.807, 2.05) is 0 Å². The fourth-order valence-electron chi connectivity index (χ4n) is 2.69. The van der Waals surface area contributed by atoms with Crippen LogP contribution in [0.3, 0.4) is 0 Å². The molecule has 0 aliphatic rings. The van der Waals surface area contributed by atoms with Crippen molar-refractivity contribution in [3.05, 3.63) is 81.8 Å². The number of para-hydroxylation sites is 2. The van der Waals surface area contributed by atoms with Gasteiger partial charge in [-0.15, -0.1) is 0 Å². The summed E-state index contributed by atoms with van der Waals surface area (Å²) in [5.74, 6) is -0.911. The van der Waals surface area contributed by atoms with Crippen molar-refractivity contribution in [2.75, 3.05) is 13.7 Å². The molecule has 12 heteroatoms. The van der Waals surface area contributed by atoms with E-state index < -0.39 is 23.4 Å². The number of methoxy groups -OCH3 is 1. The zero-order chi connectivity index (χ0) is 24.5. The van der Waals surface area contributed by atoms with Crippen LogP contribution >= 0.6 is 0 Å². The van der Waals surface area contributed by atoms with Crippen molar-refractivity contribution in [3.8, 4) is 17.2 Å². The van der Waals surface area contributed by atoms with Crippen molar-refractivity contribution in [1.29, 1.82) is 0 Å². The van der Waals surface area contributed by atoms with Crippen molar-refractivity contribution in [2.24, 2.45) is 5.10 Å². The Bertz CT molecular complexity index is 1220. The molecule has 3 aromatic rings. The predicted molar refractivity (Wildman–Crippen MR) is 117 cm³/mol. The summed E-state index contributed by atoms with van der Waals surface area (Å²) in [5, 5.41) is 23.7. The topological polar surface area (TPSA) is 163 Å². The van der Waals surface area contributed by atoms with Gasteiger partial charge in [0.1, 0.15) is 12.4 Å². The third kappa shape index (κ3) is 6.32. The largest absolute Gasteiger partial charge is 0.493 e. The number of amides is 1. The lowest BCUT2D eigenvalue weighted by molar-refractivity contribution is -0.385. The first-order chi connectivity index (χ1) is 16.4. The van der Waals surface area contributed by atoms with E-state index in [-0.39, 0.29) is 23.8 Å². The summed E-state index contributed by atoms with van der Waals surface area (Å²) in [6.45, 7) is -0.471. The van der Waals surface area contributed by atoms with Crippen molar-refractivity contribution < 1.29 is 38.2 Å². The number of aromatic carboxylic acids is 1. The standard InChI is InChI=1S/C22H19N3O9/c1-31-20-10-14(6-8-18(20)32-12-15-7-9-19(34-15)22(27)28)11-23-24-21(26)13-33-17-5-3-2-4-16(17)25(29)30/h2-11H,12-13H2,1H3,(H,24,26)(H,27,28). The van der Waals surface area contributed by atoms with Crippen LogP contribution in [0.1, 0.15) is 21.9 Å². The number of furan rings is 1. The van der Waals surface area contributed by atoms with Gasteiger partial charge in [0.15, 0.2) is 23.9 Å². The monoisotopic (exact) mass is 469 g/mol. The van der Waals surface area contributed by atoms with Gasteiger partial charge in [0.2, 0.25) is 5.76 Å². The molecule has 1 amide bonds. The molecule has 0 saturated heterocycles. The summed E-state index contributed by atoms with van der Waals surface area (Å²) in [6, 6.07) is 13.4. The molecular weight excluding hydrogens is 450 g/mol. The fraction of sp³-hybridized carbons (Fsp3) is 0.136. The number of carboxylic acids is 1. The second-order valence-corrected chi connectivity index (χ2v) is 6.58. The second kappa shape index (κ2) is 11.1. The van der Waals surface area contributed by atoms with Gasteiger partial charge in [-0.1, -0.05) is 12.1 Å². The first kappa shape index (κ1) is 23.8. The molecule has 2 N–H and O–H groups in total. The average Bonchev–Trinajstić information content (AvgIpc) is 3.31. The van der Waals surface area contributed by atoms with E-state index in [1.54, 1.807) is 24.3 Å². The van der Waals surface area contributed by atoms with Crippen LogP contribution in [0.15, 0.2) is 64.1 Å². The Labute approximate surface area is 192 Å². The Kier molecular flexibility index (Phi) is 7.79. The highest BCUT2D eigenvalue weighted by Gasteiger charge is 2.15. The number of hydrogen-bond donors (Lipinski definition) is 2. The first-order valence-electron chi connectivity index (χ1n) is 9.68. The number of nitro groups is 1. The first-order valence-corrected chi connectivity index (χ1v) is 9.68. The van der Waals surface area contributed by atoms with Crippen molar-refractivity contribution in [1.82, 2.24) is 5.43 Å². The minimum absolute atomic E-state index is 0.00723. The molecule has 0 atom stereocenters. The summed E-state index contributed by atoms with van der Waals surface area (Å²) < 4.78 is 21.2. The number of carboxylic acid groups (broad SMARTS) is 1. The summed E-state index contributed by atoms with van der Waals surface area (Å²) in [6.07, 6.45) is 1.36. The molecule has 2 aromatic carbocycles. The van der Waals surface area contributed by atoms with E-state index in [1.165, 1.54) is 43.7 Å².